The van der Waals surface area contributed by atoms with E-state index in [0.717, 1.165) is 0 Å². The molecule has 15 heteroatoms. The summed E-state index contributed by atoms with van der Waals surface area (Å²) in [6.45, 7) is -1.10. The van der Waals surface area contributed by atoms with Crippen LogP contribution in [0.2, 0.25) is 0 Å². The fraction of sp³-hybridized carbons (Fsp3) is 0.667. The van der Waals surface area contributed by atoms with Crippen molar-refractivity contribution in [3.63, 3.8) is 0 Å². The van der Waals surface area contributed by atoms with Gasteiger partial charge in [-0.15, -0.1) is 0 Å². The fourth-order valence-electron chi connectivity index (χ4n) is 0.607. The molecule has 0 saturated heterocycles. The number of carboxylic acid groups (broad SMARTS) is 2. The van der Waals surface area contributed by atoms with Crippen molar-refractivity contribution in [1.29, 1.82) is 0 Å². The van der Waals surface area contributed by atoms with Gasteiger partial charge in [-0.05, 0) is 0 Å². The number of hydrogen-bond donors (Lipinski definition) is 6. The first-order chi connectivity index (χ1) is 8.83. The minimum absolute atomic E-state index is 0. The van der Waals surface area contributed by atoms with Gasteiger partial charge in [-0.2, -0.15) is 0 Å². The molecule has 0 radical (unpaired) electrons. The van der Waals surface area contributed by atoms with Gasteiger partial charge in [0.05, 0.1) is 24.5 Å². The van der Waals surface area contributed by atoms with Crippen LogP contribution in [0, 0.1) is 0 Å². The molecule has 0 spiro atoms. The van der Waals surface area contributed by atoms with Crippen molar-refractivity contribution in [3.8, 4) is 0 Å². The molecular formula is C6H14CaN2O10P2. The first-order valence-electron chi connectivity index (χ1n) is 4.74. The molecule has 0 atom stereocenters. The van der Waals surface area contributed by atoms with Crippen LogP contribution in [0.3, 0.4) is 0 Å². The van der Waals surface area contributed by atoms with Crippen molar-refractivity contribution in [3.05, 3.63) is 0 Å². The van der Waals surface area contributed by atoms with Crippen molar-refractivity contribution in [2.24, 2.45) is 0 Å². The Bertz CT molecular complexity index is 368. The van der Waals surface area contributed by atoms with Crippen molar-refractivity contribution in [2.45, 2.75) is 0 Å². The summed E-state index contributed by atoms with van der Waals surface area (Å²) in [6.07, 6.45) is -1.28. The Morgan fingerprint density at radius 3 is 1.19 bits per heavy atom. The molecule has 0 aromatic rings. The molecule has 0 aliphatic carbocycles. The Balaban J connectivity index is -0.000000295. The van der Waals surface area contributed by atoms with Crippen LogP contribution in [-0.2, 0) is 18.7 Å². The van der Waals surface area contributed by atoms with Gasteiger partial charge >= 0.3 is 52.9 Å². The summed E-state index contributed by atoms with van der Waals surface area (Å²) in [5.41, 5.74) is 0. The number of rotatable bonds is 8. The molecule has 0 unspecified atom stereocenters. The SMILES string of the molecule is O=C([O-])CNCP(=O)(O)O.O=C([O-])CNCP(=O)(O)O.[Ca+2]. The van der Waals surface area contributed by atoms with Crippen molar-refractivity contribution < 1.29 is 48.5 Å². The van der Waals surface area contributed by atoms with E-state index in [0.29, 0.717) is 0 Å². The van der Waals surface area contributed by atoms with Gasteiger partial charge in [-0.25, -0.2) is 0 Å². The molecule has 120 valence electrons. The maximum atomic E-state index is 10.0. The van der Waals surface area contributed by atoms with E-state index < -0.39 is 52.8 Å². The van der Waals surface area contributed by atoms with Gasteiger partial charge in [0.15, 0.2) is 0 Å². The van der Waals surface area contributed by atoms with Crippen LogP contribution in [0.25, 0.3) is 0 Å². The van der Waals surface area contributed by atoms with E-state index in [1.54, 1.807) is 0 Å². The first-order valence-corrected chi connectivity index (χ1v) is 8.33. The molecule has 0 aliphatic heterocycles. The molecule has 21 heavy (non-hydrogen) atoms. The molecule has 0 rings (SSSR count). The van der Waals surface area contributed by atoms with E-state index in [1.807, 2.05) is 10.6 Å². The zero-order valence-corrected chi connectivity index (χ0v) is 14.7. The van der Waals surface area contributed by atoms with Crippen molar-refractivity contribution >= 4 is 64.9 Å². The predicted octanol–water partition coefficient (Wildman–Crippen LogP) is -5.46. The van der Waals surface area contributed by atoms with E-state index in [-0.39, 0.29) is 37.7 Å². The van der Waals surface area contributed by atoms with Gasteiger partial charge in [-0.1, -0.05) is 0 Å². The predicted molar refractivity (Wildman–Crippen MR) is 65.6 cm³/mol. The number of carbonyl (C=O) groups excluding carboxylic acids is 2. The third-order valence-electron chi connectivity index (χ3n) is 1.17. The summed E-state index contributed by atoms with van der Waals surface area (Å²) in [7, 11) is -8.25. The molecule has 0 heterocycles. The summed E-state index contributed by atoms with van der Waals surface area (Å²) in [6, 6.07) is 0. The zero-order chi connectivity index (χ0) is 16.4. The molecule has 0 aromatic carbocycles. The molecule has 0 aromatic heterocycles. The smallest absolute Gasteiger partial charge is 0.549 e. The monoisotopic (exact) mass is 376 g/mol. The largest absolute Gasteiger partial charge is 2.00 e. The number of carbonyl (C=O) groups is 2. The van der Waals surface area contributed by atoms with E-state index in [1.165, 1.54) is 0 Å². The number of carboxylic acids is 2. The Morgan fingerprint density at radius 1 is 0.810 bits per heavy atom. The number of hydrogen-bond acceptors (Lipinski definition) is 8. The quantitative estimate of drug-likeness (QED) is 0.173. The molecule has 6 N–H and O–H groups in total. The van der Waals surface area contributed by atoms with Crippen LogP contribution in [0.1, 0.15) is 0 Å². The average molecular weight is 376 g/mol. The van der Waals surface area contributed by atoms with E-state index in [2.05, 4.69) is 0 Å². The Hall–Kier alpha value is 0.420. The van der Waals surface area contributed by atoms with E-state index in [4.69, 9.17) is 19.6 Å². The Kier molecular flexibility index (Phi) is 16.2. The topological polar surface area (TPSA) is 219 Å². The van der Waals surface area contributed by atoms with Gasteiger partial charge in [0.1, 0.15) is 0 Å². The third kappa shape index (κ3) is 33.3. The Morgan fingerprint density at radius 2 is 1.05 bits per heavy atom. The van der Waals surface area contributed by atoms with Gasteiger partial charge in [0, 0.05) is 13.1 Å². The zero-order valence-electron chi connectivity index (χ0n) is 10.7. The summed E-state index contributed by atoms with van der Waals surface area (Å²) in [5.74, 6) is -2.79. The van der Waals surface area contributed by atoms with Gasteiger partial charge in [0.2, 0.25) is 0 Å². The summed E-state index contributed by atoms with van der Waals surface area (Å²) in [5, 5.41) is 23.3. The third-order valence-corrected chi connectivity index (χ3v) is 2.45. The van der Waals surface area contributed by atoms with Gasteiger partial charge in [-0.3, -0.25) is 9.13 Å². The van der Waals surface area contributed by atoms with Gasteiger partial charge in [0.25, 0.3) is 0 Å². The molecule has 0 aliphatic rings. The maximum Gasteiger partial charge on any atom is 2.00 e. The molecule has 0 amide bonds. The van der Waals surface area contributed by atoms with Crippen LogP contribution in [0.4, 0.5) is 0 Å². The van der Waals surface area contributed by atoms with Crippen molar-refractivity contribution in [1.82, 2.24) is 10.6 Å². The van der Waals surface area contributed by atoms with Crippen LogP contribution in [0.15, 0.2) is 0 Å². The first kappa shape index (κ1) is 26.3. The van der Waals surface area contributed by atoms with Crippen LogP contribution < -0.4 is 20.8 Å². The second-order valence-corrected chi connectivity index (χ2v) is 6.53. The summed E-state index contributed by atoms with van der Waals surface area (Å²) < 4.78 is 20.1. The Labute approximate surface area is 149 Å². The maximum absolute atomic E-state index is 10.0. The molecule has 0 bridgehead atoms. The van der Waals surface area contributed by atoms with Crippen LogP contribution in [0.5, 0.6) is 0 Å². The van der Waals surface area contributed by atoms with Crippen LogP contribution in [-0.4, -0.2) is 94.9 Å². The second kappa shape index (κ2) is 12.9. The van der Waals surface area contributed by atoms with Crippen LogP contribution >= 0.6 is 15.2 Å². The molecule has 0 saturated carbocycles. The second-order valence-electron chi connectivity index (χ2n) is 3.24. The molecular weight excluding hydrogens is 362 g/mol. The molecule has 0 fully saturated rings. The molecule has 12 nitrogen and oxygen atoms in total. The van der Waals surface area contributed by atoms with E-state index in [9.17, 15) is 28.9 Å². The summed E-state index contributed by atoms with van der Waals surface area (Å²) >= 11 is 0. The fourth-order valence-corrected chi connectivity index (χ4v) is 1.41. The minimum Gasteiger partial charge on any atom is -0.549 e. The summed E-state index contributed by atoms with van der Waals surface area (Å²) in [4.78, 5) is 52.0. The van der Waals surface area contributed by atoms with Crippen molar-refractivity contribution in [2.75, 3.05) is 25.7 Å². The standard InChI is InChI=1S/2C3H8NO5P.Ca/c2*5-3(6)1-4-2-10(7,8)9;/h2*4H,1-2H2,(H,5,6)(H2,7,8,9);/q;;+2/p-2. The van der Waals surface area contributed by atoms with E-state index >= 15 is 0 Å². The number of nitrogens with one attached hydrogen (secondary N) is 2. The average Bonchev–Trinajstić information content (AvgIpc) is 2.12. The normalized spacial score (nSPS) is 10.9. The minimum atomic E-state index is -4.12. The number of aliphatic carboxylic acids is 2. The van der Waals surface area contributed by atoms with Gasteiger partial charge < -0.3 is 50.0 Å².